The van der Waals surface area contributed by atoms with Crippen molar-refractivity contribution in [3.05, 3.63) is 54.6 Å². The fourth-order valence-electron chi connectivity index (χ4n) is 1.85. The van der Waals surface area contributed by atoms with E-state index in [2.05, 4.69) is 13.2 Å². The minimum absolute atomic E-state index is 0.247. The largest absolute Gasteiger partial charge is 0.524 e. The van der Waals surface area contributed by atoms with Crippen LogP contribution >= 0.6 is 7.82 Å². The highest BCUT2D eigenvalue weighted by Crippen LogP contribution is 2.40. The lowest BCUT2D eigenvalue weighted by atomic mass is 9.98. The molecule has 4 nitrogen and oxygen atoms in total. The van der Waals surface area contributed by atoms with E-state index in [0.717, 1.165) is 30.4 Å². The number of phosphoric ester groups is 1. The molecule has 1 aromatic carbocycles. The van der Waals surface area contributed by atoms with Crippen LogP contribution in [-0.4, -0.2) is 9.79 Å². The molecule has 2 N–H and O–H groups in total. The summed E-state index contributed by atoms with van der Waals surface area (Å²) >= 11 is 0. The van der Waals surface area contributed by atoms with Gasteiger partial charge in [-0.25, -0.2) is 4.57 Å². The molecule has 104 valence electrons. The number of rotatable bonds is 8. The Morgan fingerprint density at radius 2 is 1.79 bits per heavy atom. The molecule has 0 aliphatic carbocycles. The van der Waals surface area contributed by atoms with Crippen molar-refractivity contribution < 1.29 is 18.9 Å². The van der Waals surface area contributed by atoms with E-state index < -0.39 is 7.82 Å². The van der Waals surface area contributed by atoms with E-state index in [4.69, 9.17) is 14.3 Å². The SMILES string of the molecule is C=CCCc1cccc(OP(=O)(O)O)c1CCC=C. The van der Waals surface area contributed by atoms with Crippen LogP contribution in [0.25, 0.3) is 0 Å². The van der Waals surface area contributed by atoms with Gasteiger partial charge in [0.15, 0.2) is 0 Å². The Hall–Kier alpha value is -1.35. The first-order valence-corrected chi connectivity index (χ1v) is 7.58. The monoisotopic (exact) mass is 282 g/mol. The van der Waals surface area contributed by atoms with E-state index in [0.29, 0.717) is 6.42 Å². The number of aryl methyl sites for hydroxylation is 1. The van der Waals surface area contributed by atoms with Crippen molar-refractivity contribution in [2.45, 2.75) is 25.7 Å². The maximum atomic E-state index is 11.0. The summed E-state index contributed by atoms with van der Waals surface area (Å²) < 4.78 is 15.7. The van der Waals surface area contributed by atoms with Crippen molar-refractivity contribution in [1.82, 2.24) is 0 Å². The third-order valence-electron chi connectivity index (χ3n) is 2.66. The van der Waals surface area contributed by atoms with Crippen molar-refractivity contribution in [2.24, 2.45) is 0 Å². The molecule has 0 aromatic heterocycles. The molecule has 1 rings (SSSR count). The summed E-state index contributed by atoms with van der Waals surface area (Å²) in [6.07, 6.45) is 6.53. The second-order valence-electron chi connectivity index (χ2n) is 4.13. The van der Waals surface area contributed by atoms with Gasteiger partial charge in [-0.1, -0.05) is 24.3 Å². The van der Waals surface area contributed by atoms with Crippen molar-refractivity contribution in [1.29, 1.82) is 0 Å². The van der Waals surface area contributed by atoms with Crippen molar-refractivity contribution in [3.63, 3.8) is 0 Å². The number of hydrogen-bond donors (Lipinski definition) is 2. The summed E-state index contributed by atoms with van der Waals surface area (Å²) in [5.74, 6) is 0.247. The summed E-state index contributed by atoms with van der Waals surface area (Å²) in [6, 6.07) is 5.25. The maximum Gasteiger partial charge on any atom is 0.524 e. The lowest BCUT2D eigenvalue weighted by Gasteiger charge is -2.15. The molecule has 0 radical (unpaired) electrons. The molecular weight excluding hydrogens is 263 g/mol. The number of allylic oxidation sites excluding steroid dienone is 2. The first kappa shape index (κ1) is 15.7. The molecule has 0 aliphatic heterocycles. The van der Waals surface area contributed by atoms with Crippen molar-refractivity contribution in [2.75, 3.05) is 0 Å². The van der Waals surface area contributed by atoms with Crippen molar-refractivity contribution >= 4 is 7.82 Å². The predicted octanol–water partition coefficient (Wildman–Crippen LogP) is 3.40. The molecular formula is C14H19O4P. The molecule has 0 saturated carbocycles. The quantitative estimate of drug-likeness (QED) is 0.566. The van der Waals surface area contributed by atoms with Gasteiger partial charge in [0.1, 0.15) is 5.75 Å². The van der Waals surface area contributed by atoms with Gasteiger partial charge in [-0.2, -0.15) is 0 Å². The van der Waals surface area contributed by atoms with E-state index in [9.17, 15) is 4.57 Å². The van der Waals surface area contributed by atoms with E-state index in [1.54, 1.807) is 18.2 Å². The van der Waals surface area contributed by atoms with E-state index in [-0.39, 0.29) is 5.75 Å². The Labute approximate surface area is 113 Å². The molecule has 19 heavy (non-hydrogen) atoms. The molecule has 1 aromatic rings. The molecule has 0 aliphatic rings. The van der Waals surface area contributed by atoms with Gasteiger partial charge in [-0.3, -0.25) is 9.79 Å². The maximum absolute atomic E-state index is 11.0. The summed E-state index contributed by atoms with van der Waals surface area (Å²) in [7, 11) is -4.54. The third-order valence-corrected chi connectivity index (χ3v) is 3.10. The van der Waals surface area contributed by atoms with Crippen LogP contribution < -0.4 is 4.52 Å². The van der Waals surface area contributed by atoms with E-state index in [1.165, 1.54) is 0 Å². The van der Waals surface area contributed by atoms with Crippen LogP contribution in [0.15, 0.2) is 43.5 Å². The lowest BCUT2D eigenvalue weighted by Crippen LogP contribution is -2.00. The Morgan fingerprint density at radius 1 is 1.16 bits per heavy atom. The molecule has 0 saturated heterocycles. The average molecular weight is 282 g/mol. The predicted molar refractivity (Wildman–Crippen MR) is 76.2 cm³/mol. The van der Waals surface area contributed by atoms with Gasteiger partial charge in [0, 0.05) is 0 Å². The third kappa shape index (κ3) is 5.43. The molecule has 0 bridgehead atoms. The molecule has 5 heteroatoms. The standard InChI is InChI=1S/C14H19O4P/c1-3-5-8-12-9-7-11-14(18-19(15,16)17)13(12)10-6-4-2/h3-4,7,9,11H,1-2,5-6,8,10H2,(H2,15,16,17). The molecule has 0 atom stereocenters. The number of phosphoric acid groups is 1. The van der Waals surface area contributed by atoms with Crippen LogP contribution in [0.3, 0.4) is 0 Å². The van der Waals surface area contributed by atoms with Crippen LogP contribution in [0.4, 0.5) is 0 Å². The summed E-state index contributed by atoms with van der Waals surface area (Å²) in [5.41, 5.74) is 1.85. The van der Waals surface area contributed by atoms with Crippen molar-refractivity contribution in [3.8, 4) is 5.75 Å². The topological polar surface area (TPSA) is 66.8 Å². The fourth-order valence-corrected chi connectivity index (χ4v) is 2.27. The van der Waals surface area contributed by atoms with Gasteiger partial charge in [-0.15, -0.1) is 13.2 Å². The summed E-state index contributed by atoms with van der Waals surface area (Å²) in [5, 5.41) is 0. The number of benzene rings is 1. The van der Waals surface area contributed by atoms with Gasteiger partial charge in [-0.05, 0) is 42.9 Å². The fraction of sp³-hybridized carbons (Fsp3) is 0.286. The normalized spacial score (nSPS) is 11.1. The van der Waals surface area contributed by atoms with Gasteiger partial charge < -0.3 is 4.52 Å². The Bertz CT molecular complexity index is 490. The Morgan fingerprint density at radius 3 is 2.37 bits per heavy atom. The minimum Gasteiger partial charge on any atom is -0.404 e. The zero-order chi connectivity index (χ0) is 14.3. The molecule has 0 heterocycles. The van der Waals surface area contributed by atoms with Crippen LogP contribution in [0.5, 0.6) is 5.75 Å². The molecule has 0 fully saturated rings. The Balaban J connectivity index is 3.09. The smallest absolute Gasteiger partial charge is 0.404 e. The van der Waals surface area contributed by atoms with Gasteiger partial charge in [0.05, 0.1) is 0 Å². The highest BCUT2D eigenvalue weighted by molar-refractivity contribution is 7.46. The zero-order valence-electron chi connectivity index (χ0n) is 10.8. The van der Waals surface area contributed by atoms with Gasteiger partial charge in [0.2, 0.25) is 0 Å². The second-order valence-corrected chi connectivity index (χ2v) is 5.29. The molecule has 0 unspecified atom stereocenters. The van der Waals surface area contributed by atoms with E-state index in [1.807, 2.05) is 12.1 Å². The Kier molecular flexibility index (Phi) is 6.03. The first-order chi connectivity index (χ1) is 8.98. The highest BCUT2D eigenvalue weighted by atomic mass is 31.2. The molecule has 0 spiro atoms. The van der Waals surface area contributed by atoms with Crippen LogP contribution in [0, 0.1) is 0 Å². The summed E-state index contributed by atoms with van der Waals surface area (Å²) in [4.78, 5) is 17.9. The minimum atomic E-state index is -4.54. The lowest BCUT2D eigenvalue weighted by molar-refractivity contribution is 0.282. The highest BCUT2D eigenvalue weighted by Gasteiger charge is 2.19. The first-order valence-electron chi connectivity index (χ1n) is 6.05. The number of hydrogen-bond acceptors (Lipinski definition) is 2. The summed E-state index contributed by atoms with van der Waals surface area (Å²) in [6.45, 7) is 7.34. The average Bonchev–Trinajstić information content (AvgIpc) is 2.33. The van der Waals surface area contributed by atoms with Gasteiger partial charge >= 0.3 is 7.82 Å². The van der Waals surface area contributed by atoms with E-state index >= 15 is 0 Å². The zero-order valence-corrected chi connectivity index (χ0v) is 11.7. The second kappa shape index (κ2) is 7.29. The van der Waals surface area contributed by atoms with Crippen LogP contribution in [0.2, 0.25) is 0 Å². The van der Waals surface area contributed by atoms with Gasteiger partial charge in [0.25, 0.3) is 0 Å². The van der Waals surface area contributed by atoms with Crippen LogP contribution in [-0.2, 0) is 17.4 Å². The molecule has 0 amide bonds. The van der Waals surface area contributed by atoms with Crippen LogP contribution in [0.1, 0.15) is 24.0 Å².